The summed E-state index contributed by atoms with van der Waals surface area (Å²) in [6, 6.07) is 2.52. The Morgan fingerprint density at radius 2 is 1.88 bits per heavy atom. The lowest BCUT2D eigenvalue weighted by atomic mass is 10.3. The summed E-state index contributed by atoms with van der Waals surface area (Å²) in [5.74, 6) is 0.731. The Bertz CT molecular complexity index is 324. The summed E-state index contributed by atoms with van der Waals surface area (Å²) in [4.78, 5) is 0. The molecule has 0 atom stereocenters. The van der Waals surface area contributed by atoms with Gasteiger partial charge in [0, 0.05) is 6.54 Å². The lowest BCUT2D eigenvalue weighted by molar-refractivity contribution is 0.628. The highest BCUT2D eigenvalue weighted by Crippen LogP contribution is 2.31. The molecule has 1 aromatic rings. The summed E-state index contributed by atoms with van der Waals surface area (Å²) in [6.07, 6.45) is 4.27. The Morgan fingerprint density at radius 3 is 2.44 bits per heavy atom. The third-order valence-electron chi connectivity index (χ3n) is 2.08. The van der Waals surface area contributed by atoms with Crippen molar-refractivity contribution < 1.29 is 4.39 Å². The van der Waals surface area contributed by atoms with Crippen molar-refractivity contribution in [3.63, 3.8) is 0 Å². The molecule has 0 spiro atoms. The normalized spacial score (nSPS) is 10.5. The second-order valence-corrected chi connectivity index (χ2v) is 5.17. The minimum Gasteiger partial charge on any atom is -0.383 e. The van der Waals surface area contributed by atoms with Crippen LogP contribution in [-0.2, 0) is 0 Å². The zero-order chi connectivity index (χ0) is 12.0. The zero-order valence-electron chi connectivity index (χ0n) is 9.03. The minimum atomic E-state index is -0.414. The number of rotatable bonds is 6. The lowest BCUT2D eigenvalue weighted by Crippen LogP contribution is -2.03. The van der Waals surface area contributed by atoms with Crippen LogP contribution in [0.15, 0.2) is 12.1 Å². The molecule has 0 saturated heterocycles. The van der Waals surface area contributed by atoms with Crippen LogP contribution in [-0.4, -0.2) is 18.6 Å². The summed E-state index contributed by atoms with van der Waals surface area (Å²) < 4.78 is 12.9. The van der Waals surface area contributed by atoms with Gasteiger partial charge in [0.1, 0.15) is 5.82 Å². The molecule has 1 nitrogen and oxygen atoms in total. The van der Waals surface area contributed by atoms with Crippen molar-refractivity contribution >= 4 is 40.7 Å². The molecule has 0 saturated carbocycles. The van der Waals surface area contributed by atoms with Gasteiger partial charge in [-0.2, -0.15) is 11.8 Å². The highest BCUT2D eigenvalue weighted by atomic mass is 35.5. The van der Waals surface area contributed by atoms with E-state index in [4.69, 9.17) is 23.2 Å². The number of nitrogens with one attached hydrogen (secondary N) is 1. The Hall–Kier alpha value is -0.120. The van der Waals surface area contributed by atoms with E-state index >= 15 is 0 Å². The molecule has 1 N–H and O–H groups in total. The third-order valence-corrected chi connectivity index (χ3v) is 3.38. The van der Waals surface area contributed by atoms with Crippen molar-refractivity contribution in [3.05, 3.63) is 28.0 Å². The smallest absolute Gasteiger partial charge is 0.126 e. The van der Waals surface area contributed by atoms with Gasteiger partial charge in [0.25, 0.3) is 0 Å². The molecule has 0 aromatic heterocycles. The monoisotopic (exact) mass is 281 g/mol. The van der Waals surface area contributed by atoms with E-state index in [1.807, 2.05) is 11.8 Å². The van der Waals surface area contributed by atoms with Gasteiger partial charge in [-0.1, -0.05) is 23.2 Å². The van der Waals surface area contributed by atoms with Gasteiger partial charge in [-0.25, -0.2) is 4.39 Å². The Morgan fingerprint density at radius 1 is 1.25 bits per heavy atom. The van der Waals surface area contributed by atoms with Gasteiger partial charge in [0.05, 0.1) is 15.7 Å². The molecule has 16 heavy (non-hydrogen) atoms. The van der Waals surface area contributed by atoms with Gasteiger partial charge < -0.3 is 5.32 Å². The summed E-state index contributed by atoms with van der Waals surface area (Å²) in [6.45, 7) is 0.797. The number of hydrogen-bond donors (Lipinski definition) is 1. The van der Waals surface area contributed by atoms with Gasteiger partial charge in [-0.3, -0.25) is 0 Å². The first-order valence-corrected chi connectivity index (χ1v) is 7.17. The number of hydrogen-bond acceptors (Lipinski definition) is 2. The molecule has 1 aromatic carbocycles. The molecule has 5 heteroatoms. The molecule has 0 radical (unpaired) electrons. The first kappa shape index (κ1) is 13.9. The first-order chi connectivity index (χ1) is 7.65. The van der Waals surface area contributed by atoms with Gasteiger partial charge in [-0.15, -0.1) is 0 Å². The second-order valence-electron chi connectivity index (χ2n) is 3.37. The molecular formula is C11H14Cl2FNS. The molecular weight excluding hydrogens is 268 g/mol. The topological polar surface area (TPSA) is 12.0 Å². The average Bonchev–Trinajstić information content (AvgIpc) is 2.20. The van der Waals surface area contributed by atoms with E-state index in [0.717, 1.165) is 25.1 Å². The number of thioether (sulfide) groups is 1. The summed E-state index contributed by atoms with van der Waals surface area (Å²) >= 11 is 13.6. The van der Waals surface area contributed by atoms with Gasteiger partial charge >= 0.3 is 0 Å². The van der Waals surface area contributed by atoms with Gasteiger partial charge in [-0.05, 0) is 37.0 Å². The quantitative estimate of drug-likeness (QED) is 0.760. The maximum Gasteiger partial charge on any atom is 0.126 e. The Kier molecular flexibility index (Phi) is 6.32. The van der Waals surface area contributed by atoms with Gasteiger partial charge in [0.2, 0.25) is 0 Å². The van der Waals surface area contributed by atoms with Crippen LogP contribution in [0.3, 0.4) is 0 Å². The largest absolute Gasteiger partial charge is 0.383 e. The lowest BCUT2D eigenvalue weighted by Gasteiger charge is -2.10. The highest BCUT2D eigenvalue weighted by molar-refractivity contribution is 7.98. The van der Waals surface area contributed by atoms with Crippen LogP contribution in [0.25, 0.3) is 0 Å². The minimum absolute atomic E-state index is 0.329. The van der Waals surface area contributed by atoms with E-state index in [0.29, 0.717) is 15.7 Å². The van der Waals surface area contributed by atoms with E-state index in [1.165, 1.54) is 12.1 Å². The van der Waals surface area contributed by atoms with E-state index in [1.54, 1.807) is 0 Å². The SMILES string of the molecule is CSCCCCNc1c(Cl)cc(F)cc1Cl. The average molecular weight is 282 g/mol. The van der Waals surface area contributed by atoms with Crippen LogP contribution in [0.5, 0.6) is 0 Å². The van der Waals surface area contributed by atoms with Crippen molar-refractivity contribution in [1.29, 1.82) is 0 Å². The molecule has 0 heterocycles. The molecule has 90 valence electrons. The summed E-state index contributed by atoms with van der Waals surface area (Å²) in [5, 5.41) is 3.78. The molecule has 0 aliphatic heterocycles. The number of halogens is 3. The molecule has 1 rings (SSSR count). The van der Waals surface area contributed by atoms with Crippen molar-refractivity contribution in [2.75, 3.05) is 23.9 Å². The fraction of sp³-hybridized carbons (Fsp3) is 0.455. The molecule has 0 unspecified atom stereocenters. The van der Waals surface area contributed by atoms with E-state index in [9.17, 15) is 4.39 Å². The Labute approximate surface area is 110 Å². The van der Waals surface area contributed by atoms with E-state index < -0.39 is 5.82 Å². The first-order valence-electron chi connectivity index (χ1n) is 5.02. The zero-order valence-corrected chi connectivity index (χ0v) is 11.4. The Balaban J connectivity index is 2.47. The summed E-state index contributed by atoms with van der Waals surface area (Å²) in [7, 11) is 0. The fourth-order valence-electron chi connectivity index (χ4n) is 1.30. The molecule has 0 bridgehead atoms. The van der Waals surface area contributed by atoms with Crippen molar-refractivity contribution in [3.8, 4) is 0 Å². The third kappa shape index (κ3) is 4.40. The van der Waals surface area contributed by atoms with E-state index in [-0.39, 0.29) is 0 Å². The second kappa shape index (κ2) is 7.25. The number of unbranched alkanes of at least 4 members (excludes halogenated alkanes) is 1. The fourth-order valence-corrected chi connectivity index (χ4v) is 2.38. The predicted molar refractivity (Wildman–Crippen MR) is 72.5 cm³/mol. The van der Waals surface area contributed by atoms with Crippen LogP contribution >= 0.6 is 35.0 Å². The van der Waals surface area contributed by atoms with Crippen LogP contribution in [0.2, 0.25) is 10.0 Å². The molecule has 0 aliphatic rings. The van der Waals surface area contributed by atoms with Gasteiger partial charge in [0.15, 0.2) is 0 Å². The highest BCUT2D eigenvalue weighted by Gasteiger charge is 2.07. The van der Waals surface area contributed by atoms with Crippen molar-refractivity contribution in [2.45, 2.75) is 12.8 Å². The van der Waals surface area contributed by atoms with E-state index in [2.05, 4.69) is 11.6 Å². The van der Waals surface area contributed by atoms with Crippen LogP contribution in [0, 0.1) is 5.82 Å². The standard InChI is InChI=1S/C11H14Cl2FNS/c1-16-5-3-2-4-15-11-9(12)6-8(14)7-10(11)13/h6-7,15H,2-5H2,1H3. The van der Waals surface area contributed by atoms with Crippen molar-refractivity contribution in [1.82, 2.24) is 0 Å². The maximum absolute atomic E-state index is 12.9. The molecule has 0 fully saturated rings. The van der Waals surface area contributed by atoms with Crippen LogP contribution < -0.4 is 5.32 Å². The van der Waals surface area contributed by atoms with Crippen LogP contribution in [0.4, 0.5) is 10.1 Å². The summed E-state index contributed by atoms with van der Waals surface area (Å²) in [5.41, 5.74) is 0.619. The molecule has 0 amide bonds. The molecule has 0 aliphatic carbocycles. The number of anilines is 1. The predicted octanol–water partition coefficient (Wildman–Crippen LogP) is 4.69. The maximum atomic E-state index is 12.9. The van der Waals surface area contributed by atoms with Crippen LogP contribution in [0.1, 0.15) is 12.8 Å². The van der Waals surface area contributed by atoms with Crippen molar-refractivity contribution in [2.24, 2.45) is 0 Å². The number of benzene rings is 1.